The number of nitrogens with two attached hydrogens (primary N) is 2. The van der Waals surface area contributed by atoms with Crippen LogP contribution in [0.25, 0.3) is 0 Å². The molecule has 7 nitrogen and oxygen atoms in total. The van der Waals surface area contributed by atoms with Crippen LogP contribution in [0.3, 0.4) is 0 Å². The van der Waals surface area contributed by atoms with Crippen molar-refractivity contribution in [3.63, 3.8) is 0 Å². The second kappa shape index (κ2) is 6.02. The highest BCUT2D eigenvalue weighted by molar-refractivity contribution is 7.80. The normalized spacial score (nSPS) is 9.42. The summed E-state index contributed by atoms with van der Waals surface area (Å²) in [7, 11) is 0. The molecule has 0 aliphatic carbocycles. The smallest absolute Gasteiger partial charge is 0.350 e. The summed E-state index contributed by atoms with van der Waals surface area (Å²) in [5.74, 6) is 0. The fourth-order valence-corrected chi connectivity index (χ4v) is 0.706. The van der Waals surface area contributed by atoms with E-state index in [1.54, 1.807) is 0 Å². The fraction of sp³-hybridized carbons (Fsp3) is 0. The van der Waals surface area contributed by atoms with E-state index in [0.29, 0.717) is 0 Å². The quantitative estimate of drug-likeness (QED) is 0.325. The SMILES string of the molecule is NC(=S)NOS(=O)ONC(N)=S. The summed E-state index contributed by atoms with van der Waals surface area (Å²) in [6, 6.07) is 0. The molecule has 0 heterocycles. The van der Waals surface area contributed by atoms with E-state index >= 15 is 0 Å². The molecule has 0 aromatic carbocycles. The molecule has 0 aromatic heterocycles. The van der Waals surface area contributed by atoms with Gasteiger partial charge in [0, 0.05) is 0 Å². The third-order valence-corrected chi connectivity index (χ3v) is 1.03. The lowest BCUT2D eigenvalue weighted by Gasteiger charge is -2.03. The zero-order valence-corrected chi connectivity index (χ0v) is 8.05. The van der Waals surface area contributed by atoms with Gasteiger partial charge in [0.25, 0.3) is 0 Å². The molecular formula is C2H6N4O3S3. The maximum absolute atomic E-state index is 10.6. The van der Waals surface area contributed by atoms with Crippen molar-refractivity contribution in [2.75, 3.05) is 0 Å². The van der Waals surface area contributed by atoms with Gasteiger partial charge in [0.15, 0.2) is 10.2 Å². The van der Waals surface area contributed by atoms with Crippen LogP contribution in [-0.2, 0) is 19.9 Å². The molecule has 0 aliphatic heterocycles. The Labute approximate surface area is 81.5 Å². The lowest BCUT2D eigenvalue weighted by Crippen LogP contribution is -2.34. The van der Waals surface area contributed by atoms with Gasteiger partial charge in [-0.3, -0.25) is 0 Å². The molecule has 12 heavy (non-hydrogen) atoms. The van der Waals surface area contributed by atoms with Crippen LogP contribution < -0.4 is 22.4 Å². The van der Waals surface area contributed by atoms with Gasteiger partial charge in [-0.15, -0.1) is 8.57 Å². The minimum absolute atomic E-state index is 0.178. The van der Waals surface area contributed by atoms with Gasteiger partial charge >= 0.3 is 11.4 Å². The number of thiocarbonyl (C=S) groups is 2. The van der Waals surface area contributed by atoms with Crippen molar-refractivity contribution < 1.29 is 12.8 Å². The van der Waals surface area contributed by atoms with Gasteiger partial charge in [0.1, 0.15) is 0 Å². The maximum Gasteiger partial charge on any atom is 0.350 e. The molecule has 0 spiro atoms. The Kier molecular flexibility index (Phi) is 5.74. The van der Waals surface area contributed by atoms with E-state index in [4.69, 9.17) is 11.5 Å². The van der Waals surface area contributed by atoms with Crippen LogP contribution in [0.15, 0.2) is 0 Å². The van der Waals surface area contributed by atoms with Crippen LogP contribution in [0, 0.1) is 0 Å². The standard InChI is InChI=1S/C2H6N4O3S3/c3-1(10)5-8-12(7)9-6-2(4)11/h(H3,3,5,10)(H3,4,6,11). The summed E-state index contributed by atoms with van der Waals surface area (Å²) in [5.41, 5.74) is 13.7. The molecule has 0 radical (unpaired) electrons. The molecular weight excluding hydrogens is 224 g/mol. The number of rotatable bonds is 4. The monoisotopic (exact) mass is 230 g/mol. The summed E-state index contributed by atoms with van der Waals surface area (Å²) >= 11 is 6.54. The Morgan fingerprint density at radius 2 is 1.50 bits per heavy atom. The van der Waals surface area contributed by atoms with Crippen molar-refractivity contribution in [1.82, 2.24) is 11.0 Å². The average molecular weight is 230 g/mol. The second-order valence-electron chi connectivity index (χ2n) is 1.30. The van der Waals surface area contributed by atoms with E-state index < -0.39 is 11.4 Å². The van der Waals surface area contributed by atoms with Gasteiger partial charge in [-0.2, -0.15) is 4.21 Å². The van der Waals surface area contributed by atoms with Gasteiger partial charge < -0.3 is 11.5 Å². The first-order chi connectivity index (χ1) is 5.52. The van der Waals surface area contributed by atoms with Gasteiger partial charge in [-0.25, -0.2) is 11.0 Å². The Morgan fingerprint density at radius 1 is 1.17 bits per heavy atom. The van der Waals surface area contributed by atoms with E-state index in [9.17, 15) is 4.21 Å². The van der Waals surface area contributed by atoms with Crippen LogP contribution >= 0.6 is 24.4 Å². The topological polar surface area (TPSA) is 112 Å². The molecule has 70 valence electrons. The molecule has 6 N–H and O–H groups in total. The predicted octanol–water partition coefficient (Wildman–Crippen LogP) is -1.91. The van der Waals surface area contributed by atoms with Gasteiger partial charge in [-0.1, -0.05) is 0 Å². The molecule has 0 saturated carbocycles. The Balaban J connectivity index is 3.47. The molecule has 0 atom stereocenters. The summed E-state index contributed by atoms with van der Waals surface area (Å²) < 4.78 is 19.0. The zero-order chi connectivity index (χ0) is 9.56. The van der Waals surface area contributed by atoms with Crippen LogP contribution in [0.5, 0.6) is 0 Å². The fourth-order valence-electron chi connectivity index (χ4n) is 0.167. The van der Waals surface area contributed by atoms with Crippen molar-refractivity contribution in [3.8, 4) is 0 Å². The Morgan fingerprint density at radius 3 is 1.75 bits per heavy atom. The average Bonchev–Trinajstić information content (AvgIpc) is 1.96. The third kappa shape index (κ3) is 7.56. The van der Waals surface area contributed by atoms with Crippen LogP contribution in [-0.4, -0.2) is 14.4 Å². The zero-order valence-electron chi connectivity index (χ0n) is 5.60. The second-order valence-corrected chi connectivity index (χ2v) is 2.92. The first kappa shape index (κ1) is 11.4. The summed E-state index contributed by atoms with van der Waals surface area (Å²) in [6.07, 6.45) is 0. The predicted molar refractivity (Wildman–Crippen MR) is 50.2 cm³/mol. The van der Waals surface area contributed by atoms with E-state index in [1.807, 2.05) is 11.0 Å². The van der Waals surface area contributed by atoms with Crippen LogP contribution in [0.4, 0.5) is 0 Å². The molecule has 0 bridgehead atoms. The van der Waals surface area contributed by atoms with Crippen LogP contribution in [0.1, 0.15) is 0 Å². The minimum atomic E-state index is -2.12. The van der Waals surface area contributed by atoms with E-state index in [-0.39, 0.29) is 10.2 Å². The minimum Gasteiger partial charge on any atom is -0.375 e. The Hall–Kier alpha value is -0.550. The molecule has 0 saturated heterocycles. The third-order valence-electron chi connectivity index (χ3n) is 0.421. The molecule has 10 heteroatoms. The first-order valence-corrected chi connectivity index (χ1v) is 4.21. The summed E-state index contributed by atoms with van der Waals surface area (Å²) in [5, 5.41) is -0.357. The molecule has 0 fully saturated rings. The maximum atomic E-state index is 10.6. The lowest BCUT2D eigenvalue weighted by molar-refractivity contribution is 0.195. The van der Waals surface area contributed by atoms with Crippen molar-refractivity contribution in [1.29, 1.82) is 0 Å². The molecule has 0 amide bonds. The van der Waals surface area contributed by atoms with Crippen LogP contribution in [0.2, 0.25) is 0 Å². The van der Waals surface area contributed by atoms with Crippen molar-refractivity contribution >= 4 is 46.0 Å². The highest BCUT2D eigenvalue weighted by Gasteiger charge is 2.01. The highest BCUT2D eigenvalue weighted by Crippen LogP contribution is 1.80. The number of hydrogen-bond acceptors (Lipinski definition) is 5. The summed E-state index contributed by atoms with van der Waals surface area (Å²) in [4.78, 5) is 0. The van der Waals surface area contributed by atoms with Gasteiger partial charge in [0.2, 0.25) is 0 Å². The van der Waals surface area contributed by atoms with Crippen molar-refractivity contribution in [3.05, 3.63) is 0 Å². The molecule has 0 rings (SSSR count). The molecule has 0 aromatic rings. The number of nitrogens with one attached hydrogen (secondary N) is 2. The van der Waals surface area contributed by atoms with Crippen molar-refractivity contribution in [2.45, 2.75) is 0 Å². The van der Waals surface area contributed by atoms with Gasteiger partial charge in [-0.05, 0) is 24.4 Å². The van der Waals surface area contributed by atoms with Gasteiger partial charge in [0.05, 0.1) is 0 Å². The first-order valence-electron chi connectivity index (χ1n) is 2.39. The van der Waals surface area contributed by atoms with E-state index in [2.05, 4.69) is 33.0 Å². The van der Waals surface area contributed by atoms with E-state index in [1.165, 1.54) is 0 Å². The van der Waals surface area contributed by atoms with Crippen molar-refractivity contribution in [2.24, 2.45) is 11.5 Å². The molecule has 0 aliphatic rings. The summed E-state index contributed by atoms with van der Waals surface area (Å²) in [6.45, 7) is 0. The molecule has 0 unspecified atom stereocenters. The highest BCUT2D eigenvalue weighted by atomic mass is 32.2. The van der Waals surface area contributed by atoms with E-state index in [0.717, 1.165) is 0 Å². The number of hydrogen-bond donors (Lipinski definition) is 4. The largest absolute Gasteiger partial charge is 0.375 e. The Bertz CT molecular complexity index is 188. The number of hydroxylamine groups is 2. The lowest BCUT2D eigenvalue weighted by atomic mass is 11.2.